The summed E-state index contributed by atoms with van der Waals surface area (Å²) in [5, 5.41) is 1.21. The van der Waals surface area contributed by atoms with Crippen LogP contribution >= 0.6 is 0 Å². The van der Waals surface area contributed by atoms with Crippen LogP contribution in [0.3, 0.4) is 0 Å². The van der Waals surface area contributed by atoms with E-state index in [0.29, 0.717) is 0 Å². The predicted octanol–water partition coefficient (Wildman–Crippen LogP) is 7.86. The van der Waals surface area contributed by atoms with Gasteiger partial charge in [0.2, 0.25) is 0 Å². The van der Waals surface area contributed by atoms with Gasteiger partial charge in [-0.05, 0) is 77.9 Å². The zero-order valence-electron chi connectivity index (χ0n) is 18.4. The van der Waals surface area contributed by atoms with Gasteiger partial charge in [0.1, 0.15) is 0 Å². The maximum absolute atomic E-state index is 5.11. The van der Waals surface area contributed by atoms with Crippen molar-refractivity contribution in [2.45, 2.75) is 52.4 Å². The van der Waals surface area contributed by atoms with Gasteiger partial charge in [-0.1, -0.05) is 69.2 Å². The van der Waals surface area contributed by atoms with E-state index in [0.717, 1.165) is 17.6 Å². The number of aromatic nitrogens is 1. The summed E-state index contributed by atoms with van der Waals surface area (Å²) >= 11 is 0. The van der Waals surface area contributed by atoms with E-state index in [2.05, 4.69) is 94.4 Å². The molecular formula is C29H29N. The van der Waals surface area contributed by atoms with E-state index >= 15 is 0 Å². The summed E-state index contributed by atoms with van der Waals surface area (Å²) in [6.45, 7) is 9.09. The van der Waals surface area contributed by atoms with Gasteiger partial charge in [-0.15, -0.1) is 0 Å². The Hall–Kier alpha value is -2.93. The lowest BCUT2D eigenvalue weighted by atomic mass is 9.82. The number of hydrogen-bond acceptors (Lipinski definition) is 1. The summed E-state index contributed by atoms with van der Waals surface area (Å²) in [6, 6.07) is 24.8. The molecule has 1 nitrogen and oxygen atoms in total. The average molecular weight is 392 g/mol. The summed E-state index contributed by atoms with van der Waals surface area (Å²) in [5.41, 5.74) is 11.6. The molecule has 0 atom stereocenters. The van der Waals surface area contributed by atoms with Crippen LogP contribution in [0.2, 0.25) is 0 Å². The minimum atomic E-state index is 0.00839. The summed E-state index contributed by atoms with van der Waals surface area (Å²) in [6.07, 6.45) is 3.59. The highest BCUT2D eigenvalue weighted by Crippen LogP contribution is 2.49. The number of benzene rings is 3. The molecule has 0 aliphatic heterocycles. The summed E-state index contributed by atoms with van der Waals surface area (Å²) < 4.78 is 0. The van der Waals surface area contributed by atoms with Crippen LogP contribution < -0.4 is 0 Å². The Kier molecular flexibility index (Phi) is 4.50. The van der Waals surface area contributed by atoms with Crippen molar-refractivity contribution in [3.8, 4) is 22.4 Å². The van der Waals surface area contributed by atoms with Crippen molar-refractivity contribution in [1.29, 1.82) is 0 Å². The van der Waals surface area contributed by atoms with Gasteiger partial charge in [0.25, 0.3) is 0 Å². The molecule has 1 aromatic heterocycles. The number of aryl methyl sites for hydroxylation is 2. The second-order valence-electron chi connectivity index (χ2n) is 9.27. The van der Waals surface area contributed by atoms with Crippen molar-refractivity contribution in [1.82, 2.24) is 4.98 Å². The van der Waals surface area contributed by atoms with E-state index < -0.39 is 0 Å². The molecule has 1 heteroatoms. The smallest absolute Gasteiger partial charge is 0.0713 e. The number of unbranched alkanes of at least 4 members (excludes halogenated alkanes) is 1. The highest BCUT2D eigenvalue weighted by molar-refractivity contribution is 5.92. The molecule has 0 spiro atoms. The first-order valence-corrected chi connectivity index (χ1v) is 11.1. The molecule has 0 amide bonds. The SMILES string of the molecule is CCCCc1cc(C)cc(-c2ccc3cc4c(cc3n2)C(C)(C)c2ccccc2-4)c1. The van der Waals surface area contributed by atoms with Gasteiger partial charge in [0, 0.05) is 16.4 Å². The van der Waals surface area contributed by atoms with Crippen molar-refractivity contribution in [3.05, 3.63) is 89.0 Å². The predicted molar refractivity (Wildman–Crippen MR) is 128 cm³/mol. The Bertz CT molecular complexity index is 1260. The fraction of sp³-hybridized carbons (Fsp3) is 0.276. The third kappa shape index (κ3) is 3.04. The zero-order chi connectivity index (χ0) is 20.9. The number of rotatable bonds is 4. The number of hydrogen-bond donors (Lipinski definition) is 0. The van der Waals surface area contributed by atoms with Crippen LogP contribution in [0.4, 0.5) is 0 Å². The highest BCUT2D eigenvalue weighted by atomic mass is 14.7. The first-order valence-electron chi connectivity index (χ1n) is 11.1. The molecule has 0 radical (unpaired) electrons. The molecule has 0 saturated carbocycles. The van der Waals surface area contributed by atoms with Gasteiger partial charge >= 0.3 is 0 Å². The molecule has 5 rings (SSSR count). The topological polar surface area (TPSA) is 12.9 Å². The second kappa shape index (κ2) is 7.09. The Morgan fingerprint density at radius 3 is 2.50 bits per heavy atom. The quantitative estimate of drug-likeness (QED) is 0.345. The van der Waals surface area contributed by atoms with Gasteiger partial charge in [-0.3, -0.25) is 0 Å². The van der Waals surface area contributed by atoms with E-state index in [-0.39, 0.29) is 5.41 Å². The Labute approximate surface area is 179 Å². The first-order chi connectivity index (χ1) is 14.5. The molecule has 4 aromatic rings. The van der Waals surface area contributed by atoms with Crippen LogP contribution in [0.5, 0.6) is 0 Å². The number of fused-ring (bicyclic) bond motifs is 4. The largest absolute Gasteiger partial charge is 0.248 e. The minimum Gasteiger partial charge on any atom is -0.248 e. The molecule has 0 N–H and O–H groups in total. The molecule has 1 aliphatic carbocycles. The van der Waals surface area contributed by atoms with Crippen molar-refractivity contribution < 1.29 is 0 Å². The Morgan fingerprint density at radius 1 is 0.833 bits per heavy atom. The fourth-order valence-electron chi connectivity index (χ4n) is 5.02. The van der Waals surface area contributed by atoms with Gasteiger partial charge in [0.15, 0.2) is 0 Å². The Balaban J connectivity index is 1.63. The lowest BCUT2D eigenvalue weighted by Crippen LogP contribution is -2.14. The average Bonchev–Trinajstić information content (AvgIpc) is 2.97. The van der Waals surface area contributed by atoms with E-state index in [1.165, 1.54) is 57.2 Å². The number of pyridine rings is 1. The molecule has 0 unspecified atom stereocenters. The monoisotopic (exact) mass is 391 g/mol. The van der Waals surface area contributed by atoms with Crippen LogP contribution in [0, 0.1) is 6.92 Å². The van der Waals surface area contributed by atoms with E-state index in [1.54, 1.807) is 0 Å². The van der Waals surface area contributed by atoms with Crippen molar-refractivity contribution in [2.24, 2.45) is 0 Å². The van der Waals surface area contributed by atoms with Crippen molar-refractivity contribution in [3.63, 3.8) is 0 Å². The lowest BCUT2D eigenvalue weighted by Gasteiger charge is -2.21. The summed E-state index contributed by atoms with van der Waals surface area (Å²) in [5.74, 6) is 0. The fourth-order valence-corrected chi connectivity index (χ4v) is 5.02. The van der Waals surface area contributed by atoms with Crippen molar-refractivity contribution >= 4 is 10.9 Å². The normalized spacial score (nSPS) is 14.0. The molecule has 0 saturated heterocycles. The van der Waals surface area contributed by atoms with E-state index in [4.69, 9.17) is 4.98 Å². The van der Waals surface area contributed by atoms with Crippen LogP contribution in [-0.2, 0) is 11.8 Å². The van der Waals surface area contributed by atoms with Gasteiger partial charge in [-0.25, -0.2) is 4.98 Å². The molecule has 3 aromatic carbocycles. The van der Waals surface area contributed by atoms with Gasteiger partial charge in [0.05, 0.1) is 11.2 Å². The summed E-state index contributed by atoms with van der Waals surface area (Å²) in [7, 11) is 0. The molecule has 0 fully saturated rings. The molecule has 1 aliphatic rings. The first kappa shape index (κ1) is 19.1. The van der Waals surface area contributed by atoms with Crippen LogP contribution in [-0.4, -0.2) is 4.98 Å². The molecule has 1 heterocycles. The third-order valence-electron chi connectivity index (χ3n) is 6.64. The van der Waals surface area contributed by atoms with E-state index in [9.17, 15) is 0 Å². The third-order valence-corrected chi connectivity index (χ3v) is 6.64. The highest BCUT2D eigenvalue weighted by Gasteiger charge is 2.35. The number of nitrogens with zero attached hydrogens (tertiary/aromatic N) is 1. The minimum absolute atomic E-state index is 0.00839. The van der Waals surface area contributed by atoms with Crippen molar-refractivity contribution in [2.75, 3.05) is 0 Å². The van der Waals surface area contributed by atoms with Crippen LogP contribution in [0.15, 0.2) is 66.7 Å². The van der Waals surface area contributed by atoms with Crippen LogP contribution in [0.25, 0.3) is 33.3 Å². The van der Waals surface area contributed by atoms with Gasteiger partial charge < -0.3 is 0 Å². The van der Waals surface area contributed by atoms with Crippen LogP contribution in [0.1, 0.15) is 55.9 Å². The maximum Gasteiger partial charge on any atom is 0.0713 e. The van der Waals surface area contributed by atoms with E-state index in [1.807, 2.05) is 0 Å². The second-order valence-corrected chi connectivity index (χ2v) is 9.27. The molecule has 150 valence electrons. The lowest BCUT2D eigenvalue weighted by molar-refractivity contribution is 0.661. The summed E-state index contributed by atoms with van der Waals surface area (Å²) in [4.78, 5) is 5.11. The Morgan fingerprint density at radius 2 is 1.67 bits per heavy atom. The van der Waals surface area contributed by atoms with Gasteiger partial charge in [-0.2, -0.15) is 0 Å². The molecular weight excluding hydrogens is 362 g/mol. The zero-order valence-corrected chi connectivity index (χ0v) is 18.4. The molecule has 30 heavy (non-hydrogen) atoms. The maximum atomic E-state index is 5.11. The molecule has 0 bridgehead atoms. The standard InChI is InChI=1S/C29H29N/c1-5-6-9-20-14-19(2)15-22(16-20)27-13-12-21-17-24-23-10-7-8-11-25(23)29(3,4)26(24)18-28(21)30-27/h7-8,10-18H,5-6,9H2,1-4H3.